The summed E-state index contributed by atoms with van der Waals surface area (Å²) < 4.78 is 11.5. The molecule has 0 radical (unpaired) electrons. The molecule has 0 aromatic heterocycles. The summed E-state index contributed by atoms with van der Waals surface area (Å²) in [6.07, 6.45) is 7.22. The fourth-order valence-corrected chi connectivity index (χ4v) is 3.41. The molecule has 1 unspecified atom stereocenters. The Hall–Kier alpha value is -0.610. The highest BCUT2D eigenvalue weighted by Gasteiger charge is 2.52. The van der Waals surface area contributed by atoms with Crippen molar-refractivity contribution in [3.8, 4) is 0 Å². The average Bonchev–Trinajstić information content (AvgIpc) is 3.30. The van der Waals surface area contributed by atoms with E-state index in [1.54, 1.807) is 0 Å². The van der Waals surface area contributed by atoms with Gasteiger partial charge in [0.2, 0.25) is 0 Å². The first-order valence-electron chi connectivity index (χ1n) is 8.66. The third-order valence-electron chi connectivity index (χ3n) is 4.92. The summed E-state index contributed by atoms with van der Waals surface area (Å²) in [7, 11) is 0. The fourth-order valence-electron chi connectivity index (χ4n) is 3.41. The molecular formula is C17H31NO3. The molecule has 0 bridgehead atoms. The van der Waals surface area contributed by atoms with Crippen LogP contribution >= 0.6 is 0 Å². The minimum Gasteiger partial charge on any atom is -0.465 e. The van der Waals surface area contributed by atoms with Crippen molar-refractivity contribution in [3.05, 3.63) is 0 Å². The lowest BCUT2D eigenvalue weighted by molar-refractivity contribution is -0.157. The summed E-state index contributed by atoms with van der Waals surface area (Å²) in [6.45, 7) is 7.87. The van der Waals surface area contributed by atoms with E-state index in [2.05, 4.69) is 12.2 Å². The minimum absolute atomic E-state index is 0.126. The van der Waals surface area contributed by atoms with Crippen molar-refractivity contribution in [2.45, 2.75) is 70.9 Å². The van der Waals surface area contributed by atoms with Crippen LogP contribution in [0.3, 0.4) is 0 Å². The number of carbonyl (C=O) groups excluding carboxylic acids is 1. The van der Waals surface area contributed by atoms with Gasteiger partial charge in [0, 0.05) is 0 Å². The number of hydrogen-bond donors (Lipinski definition) is 1. The first-order chi connectivity index (χ1) is 10.1. The van der Waals surface area contributed by atoms with Crippen LogP contribution in [0.2, 0.25) is 0 Å². The molecule has 122 valence electrons. The molecule has 0 heterocycles. The van der Waals surface area contributed by atoms with Gasteiger partial charge in [-0.25, -0.2) is 4.79 Å². The molecule has 0 saturated heterocycles. The van der Waals surface area contributed by atoms with Gasteiger partial charge < -0.3 is 9.47 Å². The largest absolute Gasteiger partial charge is 0.465 e. The summed E-state index contributed by atoms with van der Waals surface area (Å²) >= 11 is 0. The molecule has 2 saturated carbocycles. The molecule has 4 heteroatoms. The molecule has 0 aliphatic heterocycles. The van der Waals surface area contributed by atoms with Crippen molar-refractivity contribution in [2.24, 2.45) is 11.8 Å². The van der Waals surface area contributed by atoms with Crippen LogP contribution in [0.5, 0.6) is 0 Å². The van der Waals surface area contributed by atoms with Crippen LogP contribution in [0, 0.1) is 11.8 Å². The monoisotopic (exact) mass is 297 g/mol. The van der Waals surface area contributed by atoms with Crippen LogP contribution in [0.1, 0.15) is 59.3 Å². The lowest BCUT2D eigenvalue weighted by Gasteiger charge is -2.35. The van der Waals surface area contributed by atoms with Gasteiger partial charge in [0.05, 0.1) is 19.3 Å². The second-order valence-electron chi connectivity index (χ2n) is 6.69. The van der Waals surface area contributed by atoms with Gasteiger partial charge in [0.1, 0.15) is 5.54 Å². The highest BCUT2D eigenvalue weighted by Crippen LogP contribution is 2.41. The number of carbonyl (C=O) groups is 1. The van der Waals surface area contributed by atoms with E-state index in [1.165, 1.54) is 12.8 Å². The molecule has 1 atom stereocenters. The topological polar surface area (TPSA) is 47.6 Å². The maximum atomic E-state index is 12.5. The second-order valence-corrected chi connectivity index (χ2v) is 6.69. The van der Waals surface area contributed by atoms with E-state index in [0.29, 0.717) is 25.2 Å². The van der Waals surface area contributed by atoms with Gasteiger partial charge in [-0.2, -0.15) is 0 Å². The van der Waals surface area contributed by atoms with E-state index >= 15 is 0 Å². The van der Waals surface area contributed by atoms with E-state index in [4.69, 9.17) is 9.47 Å². The van der Waals surface area contributed by atoms with E-state index in [9.17, 15) is 4.79 Å². The molecule has 4 nitrogen and oxygen atoms in total. The first-order valence-corrected chi connectivity index (χ1v) is 8.66. The van der Waals surface area contributed by atoms with Crippen molar-refractivity contribution < 1.29 is 14.3 Å². The number of rotatable bonds is 8. The molecule has 2 fully saturated rings. The normalized spacial score (nSPS) is 28.9. The molecule has 0 aromatic carbocycles. The fraction of sp³-hybridized carbons (Fsp3) is 0.941. The Bertz CT molecular complexity index is 335. The van der Waals surface area contributed by atoms with E-state index in [-0.39, 0.29) is 5.97 Å². The molecule has 0 spiro atoms. The number of nitrogens with one attached hydrogen (secondary N) is 1. The van der Waals surface area contributed by atoms with Crippen LogP contribution in [-0.2, 0) is 14.3 Å². The Kier molecular flexibility index (Phi) is 6.06. The zero-order valence-electron chi connectivity index (χ0n) is 13.8. The average molecular weight is 297 g/mol. The third kappa shape index (κ3) is 4.19. The third-order valence-corrected chi connectivity index (χ3v) is 4.92. The zero-order valence-corrected chi connectivity index (χ0v) is 13.8. The molecule has 2 aliphatic carbocycles. The zero-order chi connectivity index (χ0) is 15.3. The van der Waals surface area contributed by atoms with Gasteiger partial charge in [-0.05, 0) is 63.8 Å². The standard InChI is InChI=1S/C17H31NO3/c1-4-18-17(14-8-9-14,16(19)20-5-2)12-21-15-10-6-13(3)7-11-15/h13-15,18H,4-12H2,1-3H3. The summed E-state index contributed by atoms with van der Waals surface area (Å²) in [4.78, 5) is 12.5. The predicted molar refractivity (Wildman–Crippen MR) is 83.1 cm³/mol. The lowest BCUT2D eigenvalue weighted by atomic mass is 9.88. The Morgan fingerprint density at radius 1 is 1.14 bits per heavy atom. The van der Waals surface area contributed by atoms with Crippen LogP contribution in [0.4, 0.5) is 0 Å². The predicted octanol–water partition coefficient (Wildman–Crippen LogP) is 2.90. The van der Waals surface area contributed by atoms with Crippen LogP contribution in [0.25, 0.3) is 0 Å². The number of esters is 1. The van der Waals surface area contributed by atoms with Gasteiger partial charge in [-0.15, -0.1) is 0 Å². The van der Waals surface area contributed by atoms with Crippen molar-refractivity contribution in [1.29, 1.82) is 0 Å². The van der Waals surface area contributed by atoms with Crippen LogP contribution in [0.15, 0.2) is 0 Å². The Balaban J connectivity index is 1.96. The molecule has 2 rings (SSSR count). The maximum Gasteiger partial charge on any atom is 0.329 e. The van der Waals surface area contributed by atoms with Gasteiger partial charge in [-0.1, -0.05) is 13.8 Å². The lowest BCUT2D eigenvalue weighted by Crippen LogP contribution is -2.58. The Labute approximate surface area is 129 Å². The first kappa shape index (κ1) is 16.8. The van der Waals surface area contributed by atoms with Gasteiger partial charge >= 0.3 is 5.97 Å². The Morgan fingerprint density at radius 2 is 1.81 bits per heavy atom. The highest BCUT2D eigenvalue weighted by atomic mass is 16.5. The molecule has 21 heavy (non-hydrogen) atoms. The molecule has 2 aliphatic rings. The van der Waals surface area contributed by atoms with Gasteiger partial charge in [-0.3, -0.25) is 5.32 Å². The molecule has 0 amide bonds. The van der Waals surface area contributed by atoms with Crippen molar-refractivity contribution in [2.75, 3.05) is 19.8 Å². The minimum atomic E-state index is -0.617. The van der Waals surface area contributed by atoms with E-state index < -0.39 is 5.54 Å². The van der Waals surface area contributed by atoms with Gasteiger partial charge in [0.15, 0.2) is 0 Å². The van der Waals surface area contributed by atoms with Gasteiger partial charge in [0.25, 0.3) is 0 Å². The van der Waals surface area contributed by atoms with Crippen molar-refractivity contribution in [3.63, 3.8) is 0 Å². The Morgan fingerprint density at radius 3 is 2.33 bits per heavy atom. The molecular weight excluding hydrogens is 266 g/mol. The quantitative estimate of drug-likeness (QED) is 0.700. The number of ether oxygens (including phenoxy) is 2. The number of likely N-dealkylation sites (N-methyl/N-ethyl adjacent to an activating group) is 1. The smallest absolute Gasteiger partial charge is 0.329 e. The molecule has 1 N–H and O–H groups in total. The molecule has 0 aromatic rings. The second kappa shape index (κ2) is 7.59. The summed E-state index contributed by atoms with van der Waals surface area (Å²) in [5, 5.41) is 3.39. The van der Waals surface area contributed by atoms with E-state index in [0.717, 1.165) is 38.1 Å². The SMILES string of the molecule is CCNC(COC1CCC(C)CC1)(C(=O)OCC)C1CC1. The van der Waals surface area contributed by atoms with Crippen molar-refractivity contribution in [1.82, 2.24) is 5.32 Å². The summed E-state index contributed by atoms with van der Waals surface area (Å²) in [5.41, 5.74) is -0.617. The summed E-state index contributed by atoms with van der Waals surface area (Å²) in [5.74, 6) is 1.06. The highest BCUT2D eigenvalue weighted by molar-refractivity contribution is 5.82. The maximum absolute atomic E-state index is 12.5. The van der Waals surface area contributed by atoms with Crippen molar-refractivity contribution >= 4 is 5.97 Å². The summed E-state index contributed by atoms with van der Waals surface area (Å²) in [6, 6.07) is 0. The van der Waals surface area contributed by atoms with Crippen LogP contribution < -0.4 is 5.32 Å². The number of hydrogen-bond acceptors (Lipinski definition) is 4. The van der Waals surface area contributed by atoms with E-state index in [1.807, 2.05) is 13.8 Å². The van der Waals surface area contributed by atoms with Crippen LogP contribution in [-0.4, -0.2) is 37.4 Å².